The molecular weight excluding hydrogens is 396 g/mol. The smallest absolute Gasteiger partial charge is 0.343 e. The second kappa shape index (κ2) is 11.0. The molecule has 0 aliphatic heterocycles. The van der Waals surface area contributed by atoms with Gasteiger partial charge in [0, 0.05) is 11.4 Å². The maximum absolute atomic E-state index is 11.9. The number of hydrogen-bond acceptors (Lipinski definition) is 9. The summed E-state index contributed by atoms with van der Waals surface area (Å²) < 4.78 is 15.1. The molecule has 0 atom stereocenters. The van der Waals surface area contributed by atoms with Crippen molar-refractivity contribution in [3.05, 3.63) is 41.2 Å². The molecule has 0 saturated carbocycles. The van der Waals surface area contributed by atoms with Crippen LogP contribution in [-0.4, -0.2) is 54.6 Å². The van der Waals surface area contributed by atoms with Gasteiger partial charge >= 0.3 is 5.97 Å². The van der Waals surface area contributed by atoms with E-state index in [2.05, 4.69) is 25.2 Å². The number of hydrazone groups is 1. The number of aryl methyl sites for hydroxylation is 2. The summed E-state index contributed by atoms with van der Waals surface area (Å²) in [5, 5.41) is 4.48. The van der Waals surface area contributed by atoms with Gasteiger partial charge in [-0.05, 0) is 43.7 Å². The first-order valence-corrected chi connectivity index (χ1v) is 9.54. The van der Waals surface area contributed by atoms with E-state index in [1.54, 1.807) is 18.2 Å². The monoisotopic (exact) mass is 418 g/mol. The highest BCUT2D eigenvalue weighted by molar-refractivity contribution is 7.99. The van der Waals surface area contributed by atoms with Crippen molar-refractivity contribution in [2.45, 2.75) is 19.0 Å². The maximum Gasteiger partial charge on any atom is 0.343 e. The number of esters is 1. The molecule has 1 amide bonds. The third-order valence-electron chi connectivity index (χ3n) is 3.46. The minimum Gasteiger partial charge on any atom is -0.493 e. The van der Waals surface area contributed by atoms with Crippen molar-refractivity contribution in [3.8, 4) is 11.5 Å². The Morgan fingerprint density at radius 1 is 1.14 bits per heavy atom. The van der Waals surface area contributed by atoms with E-state index in [1.807, 2.05) is 19.9 Å². The third-order valence-corrected chi connectivity index (χ3v) is 4.31. The van der Waals surface area contributed by atoms with E-state index in [0.717, 1.165) is 11.4 Å². The van der Waals surface area contributed by atoms with E-state index in [4.69, 9.17) is 9.47 Å². The number of hydrogen-bond donors (Lipinski definition) is 1. The Labute approximate surface area is 172 Å². The summed E-state index contributed by atoms with van der Waals surface area (Å²) in [6.07, 6.45) is 1.47. The molecular formula is C19H22N4O5S. The predicted molar refractivity (Wildman–Crippen MR) is 108 cm³/mol. The van der Waals surface area contributed by atoms with Crippen LogP contribution in [0.2, 0.25) is 0 Å². The highest BCUT2D eigenvalue weighted by atomic mass is 32.2. The molecule has 154 valence electrons. The molecule has 0 bridgehead atoms. The topological polar surface area (TPSA) is 112 Å². The Morgan fingerprint density at radius 3 is 2.52 bits per heavy atom. The lowest BCUT2D eigenvalue weighted by atomic mass is 10.2. The van der Waals surface area contributed by atoms with E-state index < -0.39 is 5.97 Å². The molecule has 2 aromatic rings. The molecule has 29 heavy (non-hydrogen) atoms. The molecule has 0 spiro atoms. The molecule has 10 heteroatoms. The van der Waals surface area contributed by atoms with Gasteiger partial charge in [0.05, 0.1) is 26.2 Å². The average Bonchev–Trinajstić information content (AvgIpc) is 2.70. The van der Waals surface area contributed by atoms with Gasteiger partial charge in [-0.15, -0.1) is 0 Å². The number of carbonyl (C=O) groups is 2. The quantitative estimate of drug-likeness (QED) is 0.216. The van der Waals surface area contributed by atoms with Crippen molar-refractivity contribution >= 4 is 29.9 Å². The first-order valence-electron chi connectivity index (χ1n) is 8.56. The van der Waals surface area contributed by atoms with E-state index in [-0.39, 0.29) is 18.3 Å². The van der Waals surface area contributed by atoms with Gasteiger partial charge in [0.25, 0.3) is 5.91 Å². The van der Waals surface area contributed by atoms with Crippen LogP contribution in [0.4, 0.5) is 0 Å². The SMILES string of the molecule is COC(=O)COc1ccc(/C=N\NC(=O)CSc2nc(C)cc(C)n2)cc1OC. The molecule has 2 rings (SSSR count). The third kappa shape index (κ3) is 7.41. The van der Waals surface area contributed by atoms with Crippen LogP contribution in [0.15, 0.2) is 34.5 Å². The number of nitrogens with zero attached hydrogens (tertiary/aromatic N) is 3. The maximum atomic E-state index is 11.9. The lowest BCUT2D eigenvalue weighted by molar-refractivity contribution is -0.142. The molecule has 1 aromatic carbocycles. The Kier molecular flexibility index (Phi) is 8.41. The van der Waals surface area contributed by atoms with Gasteiger partial charge < -0.3 is 14.2 Å². The fourth-order valence-corrected chi connectivity index (χ4v) is 2.92. The first-order chi connectivity index (χ1) is 13.9. The van der Waals surface area contributed by atoms with Crippen molar-refractivity contribution in [2.75, 3.05) is 26.6 Å². The van der Waals surface area contributed by atoms with Crippen molar-refractivity contribution in [3.63, 3.8) is 0 Å². The van der Waals surface area contributed by atoms with Crippen LogP contribution < -0.4 is 14.9 Å². The average molecular weight is 418 g/mol. The van der Waals surface area contributed by atoms with Crippen LogP contribution in [0.3, 0.4) is 0 Å². The summed E-state index contributed by atoms with van der Waals surface area (Å²) >= 11 is 1.24. The fraction of sp³-hybridized carbons (Fsp3) is 0.316. The van der Waals surface area contributed by atoms with Crippen molar-refractivity contribution in [2.24, 2.45) is 5.10 Å². The molecule has 0 unspecified atom stereocenters. The number of methoxy groups -OCH3 is 2. The minimum absolute atomic E-state index is 0.143. The predicted octanol–water partition coefficient (Wildman–Crippen LogP) is 1.90. The molecule has 0 fully saturated rings. The number of amides is 1. The normalized spacial score (nSPS) is 10.6. The second-order valence-electron chi connectivity index (χ2n) is 5.79. The zero-order valence-electron chi connectivity index (χ0n) is 16.6. The van der Waals surface area contributed by atoms with Crippen molar-refractivity contribution < 1.29 is 23.8 Å². The molecule has 9 nitrogen and oxygen atoms in total. The fourth-order valence-electron chi connectivity index (χ4n) is 2.18. The Bertz CT molecular complexity index is 884. The number of ether oxygens (including phenoxy) is 3. The molecule has 0 aliphatic rings. The molecule has 1 aromatic heterocycles. The van der Waals surface area contributed by atoms with Crippen LogP contribution in [0.5, 0.6) is 11.5 Å². The van der Waals surface area contributed by atoms with Gasteiger partial charge in [0.2, 0.25) is 0 Å². The minimum atomic E-state index is -0.496. The highest BCUT2D eigenvalue weighted by Crippen LogP contribution is 2.27. The number of benzene rings is 1. The molecule has 0 radical (unpaired) electrons. The summed E-state index contributed by atoms with van der Waals surface area (Å²) in [4.78, 5) is 31.7. The lowest BCUT2D eigenvalue weighted by Gasteiger charge is -2.10. The van der Waals surface area contributed by atoms with Crippen LogP contribution in [-0.2, 0) is 14.3 Å². The standard InChI is InChI=1S/C19H22N4O5S/c1-12-7-13(2)22-19(21-12)29-11-17(24)23-20-9-14-5-6-15(16(8-14)26-3)28-10-18(25)27-4/h5-9H,10-11H2,1-4H3,(H,23,24)/b20-9-. The summed E-state index contributed by atoms with van der Waals surface area (Å²) in [7, 11) is 2.76. The van der Waals surface area contributed by atoms with Gasteiger partial charge in [-0.2, -0.15) is 5.10 Å². The van der Waals surface area contributed by atoms with E-state index >= 15 is 0 Å². The molecule has 0 aliphatic carbocycles. The van der Waals surface area contributed by atoms with Gasteiger partial charge in [-0.3, -0.25) is 4.79 Å². The van der Waals surface area contributed by atoms with E-state index in [9.17, 15) is 9.59 Å². The summed E-state index contributed by atoms with van der Waals surface area (Å²) in [5.74, 6) is 0.184. The summed E-state index contributed by atoms with van der Waals surface area (Å²) in [6, 6.07) is 6.88. The Balaban J connectivity index is 1.88. The van der Waals surface area contributed by atoms with E-state index in [1.165, 1.54) is 32.2 Å². The lowest BCUT2D eigenvalue weighted by Crippen LogP contribution is -2.19. The summed E-state index contributed by atoms with van der Waals surface area (Å²) in [6.45, 7) is 3.53. The van der Waals surface area contributed by atoms with Gasteiger partial charge in [0.1, 0.15) is 0 Å². The van der Waals surface area contributed by atoms with Crippen LogP contribution in [0.1, 0.15) is 17.0 Å². The molecule has 1 N–H and O–H groups in total. The molecule has 1 heterocycles. The van der Waals surface area contributed by atoms with Gasteiger partial charge in [-0.1, -0.05) is 11.8 Å². The number of rotatable bonds is 9. The zero-order valence-corrected chi connectivity index (χ0v) is 17.4. The van der Waals surface area contributed by atoms with Crippen LogP contribution in [0, 0.1) is 13.8 Å². The van der Waals surface area contributed by atoms with Gasteiger partial charge in [-0.25, -0.2) is 20.2 Å². The second-order valence-corrected chi connectivity index (χ2v) is 6.73. The Hall–Kier alpha value is -3.14. The van der Waals surface area contributed by atoms with Gasteiger partial charge in [0.15, 0.2) is 23.3 Å². The molecule has 0 saturated heterocycles. The summed E-state index contributed by atoms with van der Waals surface area (Å²) in [5.41, 5.74) is 4.84. The van der Waals surface area contributed by atoms with Crippen molar-refractivity contribution in [1.82, 2.24) is 15.4 Å². The van der Waals surface area contributed by atoms with Crippen molar-refractivity contribution in [1.29, 1.82) is 0 Å². The first kappa shape index (κ1) is 22.2. The zero-order chi connectivity index (χ0) is 21.2. The number of aromatic nitrogens is 2. The van der Waals surface area contributed by atoms with E-state index in [0.29, 0.717) is 22.2 Å². The number of thioether (sulfide) groups is 1. The Morgan fingerprint density at radius 2 is 1.86 bits per heavy atom. The number of nitrogens with one attached hydrogen (secondary N) is 1. The largest absolute Gasteiger partial charge is 0.493 e. The highest BCUT2D eigenvalue weighted by Gasteiger charge is 2.09. The van der Waals surface area contributed by atoms with Crippen LogP contribution >= 0.6 is 11.8 Å². The van der Waals surface area contributed by atoms with Crippen LogP contribution in [0.25, 0.3) is 0 Å². The number of carbonyl (C=O) groups excluding carboxylic acids is 2.